The minimum atomic E-state index is -0.0868. The second kappa shape index (κ2) is 6.10. The van der Waals surface area contributed by atoms with Crippen LogP contribution in [0.5, 0.6) is 0 Å². The molecule has 1 heterocycles. The van der Waals surface area contributed by atoms with E-state index < -0.39 is 0 Å². The van der Waals surface area contributed by atoms with Crippen LogP contribution in [-0.4, -0.2) is 17.4 Å². The molecular weight excluding hydrogens is 202 g/mol. The molecule has 0 atom stereocenters. The maximum Gasteiger partial charge on any atom is 0.252 e. The smallest absolute Gasteiger partial charge is 0.252 e. The summed E-state index contributed by atoms with van der Waals surface area (Å²) in [5, 5.41) is 2.85. The summed E-state index contributed by atoms with van der Waals surface area (Å²) in [6.07, 6.45) is 3.62. The van der Waals surface area contributed by atoms with Crippen molar-refractivity contribution in [1.29, 1.82) is 0 Å². The molecule has 0 bridgehead atoms. The molecule has 0 radical (unpaired) electrons. The van der Waals surface area contributed by atoms with Gasteiger partial charge in [-0.05, 0) is 30.9 Å². The van der Waals surface area contributed by atoms with Gasteiger partial charge < -0.3 is 11.1 Å². The summed E-state index contributed by atoms with van der Waals surface area (Å²) in [6.45, 7) is 5.05. The van der Waals surface area contributed by atoms with E-state index in [0.717, 1.165) is 12.8 Å². The molecule has 0 aliphatic heterocycles. The number of carbonyl (C=O) groups excluding carboxylic acids is 1. The van der Waals surface area contributed by atoms with Crippen molar-refractivity contribution < 1.29 is 4.79 Å². The summed E-state index contributed by atoms with van der Waals surface area (Å²) in [5.41, 5.74) is 5.99. The second-order valence-corrected chi connectivity index (χ2v) is 4.26. The predicted molar refractivity (Wildman–Crippen MR) is 65.1 cm³/mol. The van der Waals surface area contributed by atoms with Crippen molar-refractivity contribution in [3.63, 3.8) is 0 Å². The van der Waals surface area contributed by atoms with Crippen LogP contribution in [0, 0.1) is 5.92 Å². The van der Waals surface area contributed by atoms with Crippen LogP contribution in [0.3, 0.4) is 0 Å². The van der Waals surface area contributed by atoms with Crippen LogP contribution in [0.2, 0.25) is 0 Å². The first-order valence-corrected chi connectivity index (χ1v) is 5.59. The number of nitrogens with two attached hydrogens (primary N) is 1. The van der Waals surface area contributed by atoms with Gasteiger partial charge in [-0.3, -0.25) is 4.79 Å². The lowest BCUT2D eigenvalue weighted by molar-refractivity contribution is 0.0952. The molecule has 0 spiro atoms. The average Bonchev–Trinajstić information content (AvgIpc) is 2.25. The molecule has 1 aromatic heterocycles. The highest BCUT2D eigenvalue weighted by molar-refractivity contribution is 5.93. The Kier molecular flexibility index (Phi) is 4.76. The van der Waals surface area contributed by atoms with Crippen molar-refractivity contribution in [3.8, 4) is 0 Å². The molecule has 0 fully saturated rings. The lowest BCUT2D eigenvalue weighted by Crippen LogP contribution is -2.24. The number of pyridine rings is 1. The third-order valence-electron chi connectivity index (χ3n) is 2.29. The Hall–Kier alpha value is -1.58. The van der Waals surface area contributed by atoms with Gasteiger partial charge in [-0.25, -0.2) is 4.98 Å². The van der Waals surface area contributed by atoms with Gasteiger partial charge in [0.25, 0.3) is 5.91 Å². The van der Waals surface area contributed by atoms with E-state index >= 15 is 0 Å². The molecule has 3 N–H and O–H groups in total. The van der Waals surface area contributed by atoms with Crippen molar-refractivity contribution in [1.82, 2.24) is 10.3 Å². The van der Waals surface area contributed by atoms with Gasteiger partial charge in [0.2, 0.25) is 0 Å². The molecule has 0 aliphatic rings. The SMILES string of the molecule is CC(C)CCCNC(=O)c1ccc(N)nc1. The Bertz CT molecular complexity index is 333. The highest BCUT2D eigenvalue weighted by atomic mass is 16.1. The maximum atomic E-state index is 11.6. The van der Waals surface area contributed by atoms with Gasteiger partial charge in [-0.2, -0.15) is 0 Å². The molecule has 88 valence electrons. The third-order valence-corrected chi connectivity index (χ3v) is 2.29. The molecule has 4 nitrogen and oxygen atoms in total. The zero-order valence-electron chi connectivity index (χ0n) is 9.86. The number of nitrogens with one attached hydrogen (secondary N) is 1. The molecule has 0 aliphatic carbocycles. The lowest BCUT2D eigenvalue weighted by atomic mass is 10.1. The van der Waals surface area contributed by atoms with Crippen molar-refractivity contribution in [2.75, 3.05) is 12.3 Å². The van der Waals surface area contributed by atoms with E-state index in [1.165, 1.54) is 6.20 Å². The topological polar surface area (TPSA) is 68.0 Å². The highest BCUT2D eigenvalue weighted by Crippen LogP contribution is 2.03. The van der Waals surface area contributed by atoms with Gasteiger partial charge in [0.05, 0.1) is 5.56 Å². The number of nitrogen functional groups attached to an aromatic ring is 1. The second-order valence-electron chi connectivity index (χ2n) is 4.26. The largest absolute Gasteiger partial charge is 0.384 e. The molecule has 0 unspecified atom stereocenters. The summed E-state index contributed by atoms with van der Waals surface area (Å²) in [7, 11) is 0. The minimum absolute atomic E-state index is 0.0868. The van der Waals surface area contributed by atoms with Crippen LogP contribution in [0.25, 0.3) is 0 Å². The van der Waals surface area contributed by atoms with E-state index in [1.807, 2.05) is 0 Å². The maximum absolute atomic E-state index is 11.6. The number of hydrogen-bond acceptors (Lipinski definition) is 3. The van der Waals surface area contributed by atoms with Crippen LogP contribution in [0.15, 0.2) is 18.3 Å². The number of rotatable bonds is 5. The summed E-state index contributed by atoms with van der Waals surface area (Å²) >= 11 is 0. The van der Waals surface area contributed by atoms with E-state index in [0.29, 0.717) is 23.8 Å². The number of anilines is 1. The van der Waals surface area contributed by atoms with Crippen LogP contribution < -0.4 is 11.1 Å². The Morgan fingerprint density at radius 1 is 1.50 bits per heavy atom. The van der Waals surface area contributed by atoms with E-state index in [1.54, 1.807) is 12.1 Å². The number of hydrogen-bond donors (Lipinski definition) is 2. The van der Waals surface area contributed by atoms with E-state index in [9.17, 15) is 4.79 Å². The fourth-order valence-corrected chi connectivity index (χ4v) is 1.35. The molecule has 16 heavy (non-hydrogen) atoms. The van der Waals surface area contributed by atoms with Gasteiger partial charge in [-0.1, -0.05) is 13.8 Å². The molecule has 1 amide bonds. The highest BCUT2D eigenvalue weighted by Gasteiger charge is 2.04. The number of aromatic nitrogens is 1. The number of carbonyl (C=O) groups is 1. The van der Waals surface area contributed by atoms with Crippen molar-refractivity contribution in [2.45, 2.75) is 26.7 Å². The van der Waals surface area contributed by atoms with E-state index in [4.69, 9.17) is 5.73 Å². The Morgan fingerprint density at radius 2 is 2.25 bits per heavy atom. The van der Waals surface area contributed by atoms with E-state index in [-0.39, 0.29) is 5.91 Å². The van der Waals surface area contributed by atoms with Crippen LogP contribution in [0.1, 0.15) is 37.0 Å². The van der Waals surface area contributed by atoms with Gasteiger partial charge in [0, 0.05) is 12.7 Å². The molecule has 1 aromatic rings. The third kappa shape index (κ3) is 4.29. The van der Waals surface area contributed by atoms with Gasteiger partial charge >= 0.3 is 0 Å². The van der Waals surface area contributed by atoms with Gasteiger partial charge in [-0.15, -0.1) is 0 Å². The summed E-state index contributed by atoms with van der Waals surface area (Å²) in [5.74, 6) is 1.02. The van der Waals surface area contributed by atoms with E-state index in [2.05, 4.69) is 24.1 Å². The minimum Gasteiger partial charge on any atom is -0.384 e. The monoisotopic (exact) mass is 221 g/mol. The first-order chi connectivity index (χ1) is 7.59. The molecule has 1 rings (SSSR count). The standard InChI is InChI=1S/C12H19N3O/c1-9(2)4-3-7-14-12(16)10-5-6-11(13)15-8-10/h5-6,8-9H,3-4,7H2,1-2H3,(H2,13,15)(H,14,16). The summed E-state index contributed by atoms with van der Waals surface area (Å²) in [4.78, 5) is 15.5. The number of nitrogens with zero attached hydrogens (tertiary/aromatic N) is 1. The Morgan fingerprint density at radius 3 is 2.81 bits per heavy atom. The fraction of sp³-hybridized carbons (Fsp3) is 0.500. The van der Waals surface area contributed by atoms with Crippen LogP contribution in [-0.2, 0) is 0 Å². The number of amides is 1. The van der Waals surface area contributed by atoms with Crippen LogP contribution in [0.4, 0.5) is 5.82 Å². The molecule has 4 heteroatoms. The Balaban J connectivity index is 2.32. The molecule has 0 saturated carbocycles. The fourth-order valence-electron chi connectivity index (χ4n) is 1.35. The van der Waals surface area contributed by atoms with Crippen molar-refractivity contribution >= 4 is 11.7 Å². The molecular formula is C12H19N3O. The Labute approximate surface area is 96.3 Å². The lowest BCUT2D eigenvalue weighted by Gasteiger charge is -2.06. The van der Waals surface area contributed by atoms with Gasteiger partial charge in [0.15, 0.2) is 0 Å². The zero-order valence-corrected chi connectivity index (χ0v) is 9.86. The van der Waals surface area contributed by atoms with Crippen molar-refractivity contribution in [3.05, 3.63) is 23.9 Å². The average molecular weight is 221 g/mol. The predicted octanol–water partition coefficient (Wildman–Crippen LogP) is 1.83. The quantitative estimate of drug-likeness (QED) is 0.745. The molecule has 0 saturated heterocycles. The van der Waals surface area contributed by atoms with Crippen LogP contribution >= 0.6 is 0 Å². The normalized spacial score (nSPS) is 10.4. The first-order valence-electron chi connectivity index (χ1n) is 5.59. The summed E-state index contributed by atoms with van der Waals surface area (Å²) < 4.78 is 0. The molecule has 0 aromatic carbocycles. The summed E-state index contributed by atoms with van der Waals surface area (Å²) in [6, 6.07) is 3.31. The first kappa shape index (κ1) is 12.5. The van der Waals surface area contributed by atoms with Crippen molar-refractivity contribution in [2.24, 2.45) is 5.92 Å². The van der Waals surface area contributed by atoms with Gasteiger partial charge in [0.1, 0.15) is 5.82 Å². The zero-order chi connectivity index (χ0) is 12.0.